The van der Waals surface area contributed by atoms with Crippen LogP contribution >= 0.6 is 15.9 Å². The zero-order chi connectivity index (χ0) is 12.3. The van der Waals surface area contributed by atoms with E-state index in [0.29, 0.717) is 10.0 Å². The molecule has 0 heterocycles. The second-order valence-corrected chi connectivity index (χ2v) is 6.90. The fourth-order valence-corrected chi connectivity index (χ4v) is 2.53. The van der Waals surface area contributed by atoms with Crippen LogP contribution in [0.25, 0.3) is 0 Å². The van der Waals surface area contributed by atoms with Crippen LogP contribution in [0.4, 0.5) is 0 Å². The number of carbonyl (C=O) groups excluding carboxylic acids is 1. The summed E-state index contributed by atoms with van der Waals surface area (Å²) in [6.45, 7) is 1.93. The highest BCUT2D eigenvalue weighted by Crippen LogP contribution is 2.19. The molecule has 0 bridgehead atoms. The molecule has 0 amide bonds. The second-order valence-electron chi connectivity index (χ2n) is 3.79. The molecule has 0 aliphatic heterocycles. The lowest BCUT2D eigenvalue weighted by Crippen LogP contribution is -2.10. The van der Waals surface area contributed by atoms with Gasteiger partial charge in [0.15, 0.2) is 5.78 Å². The Kier molecular flexibility index (Phi) is 4.27. The van der Waals surface area contributed by atoms with Crippen LogP contribution in [0.2, 0.25) is 0 Å². The minimum absolute atomic E-state index is 0.0283. The summed E-state index contributed by atoms with van der Waals surface area (Å²) in [4.78, 5) is 11.7. The molecule has 5 heteroatoms. The van der Waals surface area contributed by atoms with Gasteiger partial charge in [-0.1, -0.05) is 28.1 Å². The van der Waals surface area contributed by atoms with E-state index in [4.69, 9.17) is 0 Å². The molecule has 0 atom stereocenters. The first-order valence-corrected chi connectivity index (χ1v) is 7.62. The maximum Gasteiger partial charge on any atom is 0.165 e. The fraction of sp³-hybridized carbons (Fsp3) is 0.364. The fourth-order valence-electron chi connectivity index (χ4n) is 1.26. The van der Waals surface area contributed by atoms with E-state index in [1.807, 2.05) is 19.1 Å². The molecule has 3 nitrogen and oxygen atoms in total. The molecule has 0 aliphatic carbocycles. The Bertz CT molecular complexity index is 506. The first-order valence-electron chi connectivity index (χ1n) is 4.76. The third kappa shape index (κ3) is 4.06. The van der Waals surface area contributed by atoms with E-state index in [9.17, 15) is 13.2 Å². The average molecular weight is 305 g/mol. The van der Waals surface area contributed by atoms with Crippen LogP contribution in [0, 0.1) is 6.92 Å². The van der Waals surface area contributed by atoms with Gasteiger partial charge < -0.3 is 0 Å². The van der Waals surface area contributed by atoms with Gasteiger partial charge in [0, 0.05) is 22.7 Å². The van der Waals surface area contributed by atoms with E-state index in [-0.39, 0.29) is 18.0 Å². The quantitative estimate of drug-likeness (QED) is 0.803. The van der Waals surface area contributed by atoms with E-state index in [1.54, 1.807) is 6.07 Å². The first-order chi connectivity index (χ1) is 7.29. The van der Waals surface area contributed by atoms with Gasteiger partial charge in [0.05, 0.1) is 5.75 Å². The van der Waals surface area contributed by atoms with Gasteiger partial charge in [0.1, 0.15) is 9.84 Å². The zero-order valence-electron chi connectivity index (χ0n) is 9.16. The van der Waals surface area contributed by atoms with E-state index in [0.717, 1.165) is 11.8 Å². The van der Waals surface area contributed by atoms with Gasteiger partial charge in [-0.3, -0.25) is 4.79 Å². The first kappa shape index (κ1) is 13.4. The van der Waals surface area contributed by atoms with E-state index < -0.39 is 9.84 Å². The molecule has 0 aliphatic rings. The van der Waals surface area contributed by atoms with Crippen LogP contribution in [-0.2, 0) is 9.84 Å². The zero-order valence-corrected chi connectivity index (χ0v) is 11.6. The molecule has 0 spiro atoms. The Morgan fingerprint density at radius 1 is 1.38 bits per heavy atom. The number of ketones is 1. The average Bonchev–Trinajstić information content (AvgIpc) is 2.13. The molecule has 0 saturated heterocycles. The molecular formula is C11H13BrO3S. The van der Waals surface area contributed by atoms with Crippen molar-refractivity contribution in [3.63, 3.8) is 0 Å². The summed E-state index contributed by atoms with van der Waals surface area (Å²) in [5.74, 6) is -0.260. The van der Waals surface area contributed by atoms with Crippen molar-refractivity contribution in [2.75, 3.05) is 12.0 Å². The lowest BCUT2D eigenvalue weighted by Gasteiger charge is -2.04. The van der Waals surface area contributed by atoms with Crippen molar-refractivity contribution < 1.29 is 13.2 Å². The van der Waals surface area contributed by atoms with Crippen molar-refractivity contribution >= 4 is 31.6 Å². The molecule has 0 N–H and O–H groups in total. The number of sulfone groups is 1. The smallest absolute Gasteiger partial charge is 0.165 e. The number of halogens is 1. The summed E-state index contributed by atoms with van der Waals surface area (Å²) in [6, 6.07) is 5.39. The number of hydrogen-bond donors (Lipinski definition) is 0. The topological polar surface area (TPSA) is 51.2 Å². The Balaban J connectivity index is 2.82. The van der Waals surface area contributed by atoms with E-state index >= 15 is 0 Å². The predicted molar refractivity (Wildman–Crippen MR) is 67.5 cm³/mol. The molecule has 88 valence electrons. The van der Waals surface area contributed by atoms with E-state index in [1.165, 1.54) is 0 Å². The summed E-state index contributed by atoms with van der Waals surface area (Å²) in [6.07, 6.45) is 1.16. The molecule has 0 radical (unpaired) electrons. The largest absolute Gasteiger partial charge is 0.294 e. The van der Waals surface area contributed by atoms with Crippen LogP contribution in [0.15, 0.2) is 22.7 Å². The normalized spacial score (nSPS) is 11.4. The Morgan fingerprint density at radius 2 is 2.00 bits per heavy atom. The van der Waals surface area contributed by atoms with Crippen LogP contribution in [0.3, 0.4) is 0 Å². The summed E-state index contributed by atoms with van der Waals surface area (Å²) < 4.78 is 22.6. The molecule has 16 heavy (non-hydrogen) atoms. The molecule has 0 fully saturated rings. The van der Waals surface area contributed by atoms with Crippen molar-refractivity contribution in [3.8, 4) is 0 Å². The van der Waals surface area contributed by atoms with Gasteiger partial charge in [-0.05, 0) is 18.6 Å². The Labute approximate surface area is 104 Å². The SMILES string of the molecule is Cc1ccc(C(=O)CCS(C)(=O)=O)c(Br)c1. The maximum absolute atomic E-state index is 11.7. The lowest BCUT2D eigenvalue weighted by atomic mass is 10.1. The van der Waals surface area contributed by atoms with Crippen molar-refractivity contribution in [2.24, 2.45) is 0 Å². The molecule has 0 unspecified atom stereocenters. The van der Waals surface area contributed by atoms with Crippen LogP contribution in [0.5, 0.6) is 0 Å². The van der Waals surface area contributed by atoms with Gasteiger partial charge in [-0.25, -0.2) is 8.42 Å². The summed E-state index contributed by atoms with van der Waals surface area (Å²) in [5.41, 5.74) is 1.58. The highest BCUT2D eigenvalue weighted by atomic mass is 79.9. The third-order valence-corrected chi connectivity index (χ3v) is 3.73. The van der Waals surface area contributed by atoms with Crippen LogP contribution < -0.4 is 0 Å². The third-order valence-electron chi connectivity index (χ3n) is 2.12. The van der Waals surface area contributed by atoms with Crippen LogP contribution in [0.1, 0.15) is 22.3 Å². The molecule has 1 aromatic carbocycles. The summed E-state index contributed by atoms with van der Waals surface area (Å²) in [7, 11) is -3.08. The van der Waals surface area contributed by atoms with Gasteiger partial charge >= 0.3 is 0 Å². The number of rotatable bonds is 4. The number of carbonyl (C=O) groups is 1. The van der Waals surface area contributed by atoms with Crippen molar-refractivity contribution in [1.29, 1.82) is 0 Å². The molecule has 1 aromatic rings. The monoisotopic (exact) mass is 304 g/mol. The van der Waals surface area contributed by atoms with Gasteiger partial charge in [0.25, 0.3) is 0 Å². The number of benzene rings is 1. The van der Waals surface area contributed by atoms with Gasteiger partial charge in [-0.15, -0.1) is 0 Å². The minimum atomic E-state index is -3.08. The molecule has 0 saturated carbocycles. The minimum Gasteiger partial charge on any atom is -0.294 e. The molecular weight excluding hydrogens is 292 g/mol. The lowest BCUT2D eigenvalue weighted by molar-refractivity contribution is 0.0988. The molecule has 1 rings (SSSR count). The maximum atomic E-state index is 11.7. The second kappa shape index (κ2) is 5.10. The summed E-state index contributed by atoms with van der Waals surface area (Å²) in [5, 5.41) is 0. The standard InChI is InChI=1S/C11H13BrO3S/c1-8-3-4-9(10(12)7-8)11(13)5-6-16(2,14)15/h3-4,7H,5-6H2,1-2H3. The summed E-state index contributed by atoms with van der Waals surface area (Å²) >= 11 is 3.30. The highest BCUT2D eigenvalue weighted by molar-refractivity contribution is 9.10. The number of hydrogen-bond acceptors (Lipinski definition) is 3. The Hall–Kier alpha value is -0.680. The molecule has 0 aromatic heterocycles. The van der Waals surface area contributed by atoms with Crippen molar-refractivity contribution in [1.82, 2.24) is 0 Å². The van der Waals surface area contributed by atoms with Gasteiger partial charge in [-0.2, -0.15) is 0 Å². The number of Topliss-reactive ketones (excluding diaryl/α,β-unsaturated/α-hetero) is 1. The highest BCUT2D eigenvalue weighted by Gasteiger charge is 2.12. The van der Waals surface area contributed by atoms with Crippen LogP contribution in [-0.4, -0.2) is 26.2 Å². The number of aryl methyl sites for hydroxylation is 1. The van der Waals surface area contributed by atoms with Crippen molar-refractivity contribution in [2.45, 2.75) is 13.3 Å². The van der Waals surface area contributed by atoms with E-state index in [2.05, 4.69) is 15.9 Å². The van der Waals surface area contributed by atoms with Crippen molar-refractivity contribution in [3.05, 3.63) is 33.8 Å². The Morgan fingerprint density at radius 3 is 2.50 bits per heavy atom. The van der Waals surface area contributed by atoms with Gasteiger partial charge in [0.2, 0.25) is 0 Å². The predicted octanol–water partition coefficient (Wildman–Crippen LogP) is 2.37.